The number of nitrogens with one attached hydrogen (secondary N) is 1. The van der Waals surface area contributed by atoms with Crippen molar-refractivity contribution >= 4 is 0 Å². The lowest BCUT2D eigenvalue weighted by Gasteiger charge is -2.27. The molecular weight excluding hydrogens is 222 g/mol. The lowest BCUT2D eigenvalue weighted by atomic mass is 9.95. The Morgan fingerprint density at radius 1 is 1.47 bits per heavy atom. The molecule has 5 heteroatoms. The van der Waals surface area contributed by atoms with Crippen LogP contribution in [-0.2, 0) is 11.2 Å². The van der Waals surface area contributed by atoms with Gasteiger partial charge in [-0.2, -0.15) is 0 Å². The zero-order valence-corrected chi connectivity index (χ0v) is 9.66. The number of rotatable bonds is 2. The number of ether oxygens (including phenoxy) is 3. The lowest BCUT2D eigenvalue weighted by Crippen LogP contribution is -2.25. The van der Waals surface area contributed by atoms with Crippen LogP contribution < -0.4 is 14.8 Å². The van der Waals surface area contributed by atoms with Gasteiger partial charge in [0.15, 0.2) is 11.5 Å². The molecule has 0 bridgehead atoms. The Morgan fingerprint density at radius 2 is 2.35 bits per heavy atom. The summed E-state index contributed by atoms with van der Waals surface area (Å²) in [5.41, 5.74) is 1.85. The Kier molecular flexibility index (Phi) is 2.57. The normalized spacial score (nSPS) is 21.4. The summed E-state index contributed by atoms with van der Waals surface area (Å²) in [6.07, 6.45) is 0.615. The molecule has 3 rings (SSSR count). The Bertz CT molecular complexity index is 443. The van der Waals surface area contributed by atoms with E-state index in [-0.39, 0.29) is 18.6 Å². The summed E-state index contributed by atoms with van der Waals surface area (Å²) in [7, 11) is 1.87. The maximum atomic E-state index is 9.99. The van der Waals surface area contributed by atoms with Crippen LogP contribution in [0.25, 0.3) is 0 Å². The van der Waals surface area contributed by atoms with Gasteiger partial charge in [-0.15, -0.1) is 0 Å². The van der Waals surface area contributed by atoms with Crippen LogP contribution in [0.5, 0.6) is 17.2 Å². The second-order valence-electron chi connectivity index (χ2n) is 4.19. The third-order valence-electron chi connectivity index (χ3n) is 3.17. The molecule has 2 N–H and O–H groups in total. The molecule has 1 atom stereocenters. The van der Waals surface area contributed by atoms with E-state index in [0.29, 0.717) is 25.3 Å². The summed E-state index contributed by atoms with van der Waals surface area (Å²) >= 11 is 0. The number of phenolic OH excluding ortho intramolecular Hbond substituents is 1. The Hall–Kier alpha value is -1.46. The molecule has 17 heavy (non-hydrogen) atoms. The van der Waals surface area contributed by atoms with Gasteiger partial charge in [-0.05, 0) is 13.5 Å². The molecule has 0 saturated carbocycles. The third-order valence-corrected chi connectivity index (χ3v) is 3.17. The highest BCUT2D eigenvalue weighted by Gasteiger charge is 2.31. The monoisotopic (exact) mass is 237 g/mol. The Labute approximate surface area is 99.3 Å². The molecule has 5 nitrogen and oxygen atoms in total. The van der Waals surface area contributed by atoms with Gasteiger partial charge in [-0.1, -0.05) is 0 Å². The van der Waals surface area contributed by atoms with Crippen molar-refractivity contribution in [3.05, 3.63) is 17.2 Å². The van der Waals surface area contributed by atoms with E-state index in [1.165, 1.54) is 0 Å². The summed E-state index contributed by atoms with van der Waals surface area (Å²) in [6, 6.07) is 1.63. The lowest BCUT2D eigenvalue weighted by molar-refractivity contribution is 0.0408. The molecule has 0 amide bonds. The number of hydrogen-bond donors (Lipinski definition) is 2. The standard InChI is InChI=1S/C12H15NO4/c1-13-5-10-11-7(2-3-15-10)8(14)4-9-12(11)17-6-16-9/h4,10,13-14H,2-3,5-6H2,1H3/t10-/m1/s1. The number of aromatic hydroxyl groups is 1. The van der Waals surface area contributed by atoms with Crippen molar-refractivity contribution in [3.63, 3.8) is 0 Å². The van der Waals surface area contributed by atoms with E-state index in [2.05, 4.69) is 5.32 Å². The van der Waals surface area contributed by atoms with Gasteiger partial charge in [-0.25, -0.2) is 0 Å². The first-order valence-electron chi connectivity index (χ1n) is 5.71. The first-order valence-corrected chi connectivity index (χ1v) is 5.71. The number of hydrogen-bond acceptors (Lipinski definition) is 5. The van der Waals surface area contributed by atoms with Gasteiger partial charge in [0.05, 0.1) is 12.7 Å². The van der Waals surface area contributed by atoms with Crippen molar-refractivity contribution in [2.24, 2.45) is 0 Å². The molecule has 2 aliphatic rings. The van der Waals surface area contributed by atoms with Crippen LogP contribution in [0, 0.1) is 0 Å². The van der Waals surface area contributed by atoms with Crippen LogP contribution in [0.3, 0.4) is 0 Å². The largest absolute Gasteiger partial charge is 0.508 e. The zero-order chi connectivity index (χ0) is 11.8. The van der Waals surface area contributed by atoms with Crippen molar-refractivity contribution in [1.29, 1.82) is 0 Å². The highest BCUT2D eigenvalue weighted by molar-refractivity contribution is 5.59. The van der Waals surface area contributed by atoms with Crippen LogP contribution in [-0.4, -0.2) is 32.1 Å². The summed E-state index contributed by atoms with van der Waals surface area (Å²) < 4.78 is 16.5. The first kappa shape index (κ1) is 10.7. The van der Waals surface area contributed by atoms with Crippen molar-refractivity contribution in [2.45, 2.75) is 12.5 Å². The smallest absolute Gasteiger partial charge is 0.231 e. The molecule has 0 saturated heterocycles. The average Bonchev–Trinajstić information content (AvgIpc) is 2.78. The fourth-order valence-electron chi connectivity index (χ4n) is 2.43. The molecule has 0 fully saturated rings. The highest BCUT2D eigenvalue weighted by atomic mass is 16.7. The molecule has 92 valence electrons. The Morgan fingerprint density at radius 3 is 3.18 bits per heavy atom. The van der Waals surface area contributed by atoms with Crippen molar-refractivity contribution in [2.75, 3.05) is 27.0 Å². The van der Waals surface area contributed by atoms with E-state index < -0.39 is 0 Å². The second kappa shape index (κ2) is 4.09. The molecule has 0 spiro atoms. The highest BCUT2D eigenvalue weighted by Crippen LogP contribution is 2.47. The van der Waals surface area contributed by atoms with Crippen LogP contribution in [0.4, 0.5) is 0 Å². The summed E-state index contributed by atoms with van der Waals surface area (Å²) in [5.74, 6) is 1.60. The second-order valence-corrected chi connectivity index (χ2v) is 4.19. The number of likely N-dealkylation sites (N-methyl/N-ethyl adjacent to an activating group) is 1. The van der Waals surface area contributed by atoms with Gasteiger partial charge < -0.3 is 24.6 Å². The fourth-order valence-corrected chi connectivity index (χ4v) is 2.43. The molecule has 1 aromatic rings. The van der Waals surface area contributed by atoms with Crippen LogP contribution in [0.1, 0.15) is 17.2 Å². The predicted octanol–water partition coefficient (Wildman–Crippen LogP) is 0.954. The van der Waals surface area contributed by atoms with E-state index in [0.717, 1.165) is 16.9 Å². The van der Waals surface area contributed by atoms with Gasteiger partial charge in [0.25, 0.3) is 0 Å². The van der Waals surface area contributed by atoms with Gasteiger partial charge >= 0.3 is 0 Å². The Balaban J connectivity index is 2.13. The van der Waals surface area contributed by atoms with Crippen molar-refractivity contribution in [3.8, 4) is 17.2 Å². The van der Waals surface area contributed by atoms with Gasteiger partial charge in [0.2, 0.25) is 6.79 Å². The minimum atomic E-state index is -0.0914. The molecule has 0 aromatic heterocycles. The average molecular weight is 237 g/mol. The van der Waals surface area contributed by atoms with E-state index >= 15 is 0 Å². The molecule has 2 aliphatic heterocycles. The number of benzene rings is 1. The maximum Gasteiger partial charge on any atom is 0.231 e. The number of fused-ring (bicyclic) bond motifs is 3. The van der Waals surface area contributed by atoms with Gasteiger partial charge in [-0.3, -0.25) is 0 Å². The molecule has 2 heterocycles. The minimum Gasteiger partial charge on any atom is -0.508 e. The predicted molar refractivity (Wildman–Crippen MR) is 60.6 cm³/mol. The van der Waals surface area contributed by atoms with Crippen LogP contribution >= 0.6 is 0 Å². The zero-order valence-electron chi connectivity index (χ0n) is 9.66. The number of phenols is 1. The molecule has 1 aromatic carbocycles. The third kappa shape index (κ3) is 1.62. The minimum absolute atomic E-state index is 0.0914. The molecular formula is C12H15NO4. The van der Waals surface area contributed by atoms with E-state index in [1.54, 1.807) is 6.07 Å². The topological polar surface area (TPSA) is 60.0 Å². The van der Waals surface area contributed by atoms with Crippen LogP contribution in [0.15, 0.2) is 6.07 Å². The van der Waals surface area contributed by atoms with Gasteiger partial charge in [0, 0.05) is 23.7 Å². The molecule has 0 unspecified atom stereocenters. The van der Waals surface area contributed by atoms with Crippen LogP contribution in [0.2, 0.25) is 0 Å². The summed E-state index contributed by atoms with van der Waals surface area (Å²) in [4.78, 5) is 0. The van der Waals surface area contributed by atoms with E-state index in [1.807, 2.05) is 7.05 Å². The quantitative estimate of drug-likeness (QED) is 0.802. The SMILES string of the molecule is CNC[C@H]1OCCc2c(O)cc3c(c21)OCO3. The summed E-state index contributed by atoms with van der Waals surface area (Å²) in [6.45, 7) is 1.51. The molecule has 0 radical (unpaired) electrons. The maximum absolute atomic E-state index is 9.99. The summed E-state index contributed by atoms with van der Waals surface area (Å²) in [5, 5.41) is 13.1. The van der Waals surface area contributed by atoms with E-state index in [4.69, 9.17) is 14.2 Å². The first-order chi connectivity index (χ1) is 8.31. The van der Waals surface area contributed by atoms with E-state index in [9.17, 15) is 5.11 Å². The molecule has 0 aliphatic carbocycles. The van der Waals surface area contributed by atoms with Crippen molar-refractivity contribution in [1.82, 2.24) is 5.32 Å². The fraction of sp³-hybridized carbons (Fsp3) is 0.500. The van der Waals surface area contributed by atoms with Crippen molar-refractivity contribution < 1.29 is 19.3 Å². The van der Waals surface area contributed by atoms with Gasteiger partial charge in [0.1, 0.15) is 5.75 Å².